The maximum atomic E-state index is 10.4. The number of fused-ring (bicyclic) bond motifs is 1. The van der Waals surface area contributed by atoms with E-state index >= 15 is 0 Å². The normalized spacial score (nSPS) is 32.5. The Morgan fingerprint density at radius 2 is 1.61 bits per heavy atom. The Hall–Kier alpha value is -0.726. The number of hydrogen-bond acceptors (Lipinski definition) is 3. The second kappa shape index (κ2) is 10.9. The summed E-state index contributed by atoms with van der Waals surface area (Å²) in [6.07, 6.45) is 13.2. The second-order valence-electron chi connectivity index (χ2n) is 15.7. The van der Waals surface area contributed by atoms with Gasteiger partial charge in [-0.15, -0.1) is 0 Å². The summed E-state index contributed by atoms with van der Waals surface area (Å²) >= 11 is 0. The molecule has 1 unspecified atom stereocenters. The van der Waals surface area contributed by atoms with Crippen LogP contribution in [0.15, 0.2) is 47.1 Å². The zero-order valence-electron chi connectivity index (χ0n) is 26.8. The van der Waals surface area contributed by atoms with Crippen molar-refractivity contribution < 1.29 is 14.0 Å². The monoisotopic (exact) mass is 558 g/mol. The molecule has 0 aromatic carbocycles. The number of rotatable bonds is 6. The Morgan fingerprint density at radius 3 is 2.16 bits per heavy atom. The largest absolute Gasteiger partial charge is 0.413 e. The van der Waals surface area contributed by atoms with Gasteiger partial charge in [-0.25, -0.2) is 0 Å². The van der Waals surface area contributed by atoms with Gasteiger partial charge in [0.2, 0.25) is 0 Å². The van der Waals surface area contributed by atoms with Crippen LogP contribution in [0.2, 0.25) is 36.3 Å². The Morgan fingerprint density at radius 1 is 1.03 bits per heavy atom. The summed E-state index contributed by atoms with van der Waals surface area (Å²) in [5.41, 5.74) is 5.30. The quantitative estimate of drug-likeness (QED) is 0.261. The highest BCUT2D eigenvalue weighted by Gasteiger charge is 2.47. The standard InChI is InChI=1S/C33H58O3Si2/c1-23-26(17-16-25-15-14-20-33(9)28(24(2)34)18-19-29(25)33)21-27(35-37(10,11)31(3,4)5)22-30(23)36-38(12,13)32(6,7)8/h16-18,24,27,29-30,34H,1,14-15,19-22H2,2-13H3/b25-16+,26-17-/t24?,27-,29+,30+,33-/m1/s1. The fraction of sp³-hybridized carbons (Fsp3) is 0.758. The molecule has 0 radical (unpaired) electrons. The van der Waals surface area contributed by atoms with Crippen molar-refractivity contribution in [3.05, 3.63) is 47.1 Å². The Balaban J connectivity index is 1.93. The average molecular weight is 559 g/mol. The summed E-state index contributed by atoms with van der Waals surface area (Å²) in [4.78, 5) is 0. The van der Waals surface area contributed by atoms with Crippen molar-refractivity contribution in [1.29, 1.82) is 0 Å². The van der Waals surface area contributed by atoms with Crippen molar-refractivity contribution in [1.82, 2.24) is 0 Å². The van der Waals surface area contributed by atoms with Crippen molar-refractivity contribution in [2.75, 3.05) is 0 Å². The van der Waals surface area contributed by atoms with Crippen molar-refractivity contribution >= 4 is 16.6 Å². The molecule has 3 rings (SSSR count). The Kier molecular flexibility index (Phi) is 9.14. The van der Waals surface area contributed by atoms with Gasteiger partial charge in [-0.05, 0) is 103 Å². The van der Waals surface area contributed by atoms with E-state index in [-0.39, 0.29) is 33.8 Å². The molecule has 3 aliphatic carbocycles. The summed E-state index contributed by atoms with van der Waals surface area (Å²) in [5.74, 6) is 0.494. The molecule has 0 aliphatic heterocycles. The lowest BCUT2D eigenvalue weighted by atomic mass is 9.63. The third kappa shape index (κ3) is 6.43. The minimum atomic E-state index is -1.97. The number of allylic oxidation sites excluding steroid dienone is 4. The topological polar surface area (TPSA) is 38.7 Å². The van der Waals surface area contributed by atoms with E-state index in [2.05, 4.69) is 99.5 Å². The van der Waals surface area contributed by atoms with Crippen LogP contribution in [-0.2, 0) is 8.85 Å². The van der Waals surface area contributed by atoms with E-state index in [9.17, 15) is 5.11 Å². The SMILES string of the molecule is C=C1/C(=C\C=C2/CCC[C@]3(C)C(C(C)O)=CC[C@@H]23)C[C@@H](O[Si](C)(C)C(C)(C)C)C[C@@H]1O[Si](C)(C)C(C)(C)C. The number of hydrogen-bond donors (Lipinski definition) is 1. The molecule has 38 heavy (non-hydrogen) atoms. The minimum absolute atomic E-state index is 0.00988. The van der Waals surface area contributed by atoms with Crippen LogP contribution in [0.25, 0.3) is 0 Å². The van der Waals surface area contributed by atoms with Crippen molar-refractivity contribution in [2.24, 2.45) is 11.3 Å². The highest BCUT2D eigenvalue weighted by atomic mass is 28.4. The van der Waals surface area contributed by atoms with Crippen LogP contribution in [0, 0.1) is 11.3 Å². The maximum absolute atomic E-state index is 10.4. The smallest absolute Gasteiger partial charge is 0.192 e. The van der Waals surface area contributed by atoms with Crippen molar-refractivity contribution in [2.45, 2.75) is 148 Å². The van der Waals surface area contributed by atoms with Gasteiger partial charge in [0.25, 0.3) is 0 Å². The molecule has 216 valence electrons. The summed E-state index contributed by atoms with van der Waals surface area (Å²) in [6, 6.07) is 0. The van der Waals surface area contributed by atoms with Gasteiger partial charge < -0.3 is 14.0 Å². The molecule has 1 N–H and O–H groups in total. The van der Waals surface area contributed by atoms with Gasteiger partial charge in [0.15, 0.2) is 16.6 Å². The summed E-state index contributed by atoms with van der Waals surface area (Å²) < 4.78 is 14.0. The molecule has 0 aromatic heterocycles. The first-order valence-corrected chi connectivity index (χ1v) is 20.8. The first-order valence-electron chi connectivity index (χ1n) is 15.0. The van der Waals surface area contributed by atoms with Gasteiger partial charge in [-0.3, -0.25) is 0 Å². The average Bonchev–Trinajstić information content (AvgIpc) is 3.10. The molecule has 0 saturated heterocycles. The van der Waals surface area contributed by atoms with E-state index in [1.165, 1.54) is 29.6 Å². The number of aliphatic hydroxyl groups excluding tert-OH is 1. The van der Waals surface area contributed by atoms with Gasteiger partial charge in [0.1, 0.15) is 0 Å². The molecule has 3 aliphatic rings. The third-order valence-corrected chi connectivity index (χ3v) is 19.8. The fourth-order valence-corrected chi connectivity index (χ4v) is 8.93. The van der Waals surface area contributed by atoms with Crippen LogP contribution in [0.5, 0.6) is 0 Å². The van der Waals surface area contributed by atoms with E-state index in [1.807, 2.05) is 6.92 Å². The predicted molar refractivity (Wildman–Crippen MR) is 169 cm³/mol. The summed E-state index contributed by atoms with van der Waals surface area (Å²) in [6.45, 7) is 32.2. The highest BCUT2D eigenvalue weighted by molar-refractivity contribution is 6.74. The van der Waals surface area contributed by atoms with Crippen LogP contribution in [0.3, 0.4) is 0 Å². The van der Waals surface area contributed by atoms with Gasteiger partial charge in [-0.1, -0.05) is 78.8 Å². The van der Waals surface area contributed by atoms with Crippen LogP contribution in [0.4, 0.5) is 0 Å². The van der Waals surface area contributed by atoms with Crippen molar-refractivity contribution in [3.8, 4) is 0 Å². The van der Waals surface area contributed by atoms with Gasteiger partial charge in [0, 0.05) is 6.42 Å². The van der Waals surface area contributed by atoms with Crippen LogP contribution >= 0.6 is 0 Å². The maximum Gasteiger partial charge on any atom is 0.192 e. The molecule has 3 nitrogen and oxygen atoms in total. The summed E-state index contributed by atoms with van der Waals surface area (Å²) in [5, 5.41) is 10.8. The lowest BCUT2D eigenvalue weighted by Gasteiger charge is -2.45. The third-order valence-electron chi connectivity index (χ3n) is 10.8. The Labute approximate surface area is 237 Å². The van der Waals surface area contributed by atoms with Crippen LogP contribution < -0.4 is 0 Å². The van der Waals surface area contributed by atoms with E-state index in [1.54, 1.807) is 0 Å². The Bertz CT molecular complexity index is 987. The lowest BCUT2D eigenvalue weighted by molar-refractivity contribution is 0.0969. The first-order chi connectivity index (χ1) is 17.2. The molecular weight excluding hydrogens is 501 g/mol. The zero-order valence-corrected chi connectivity index (χ0v) is 28.8. The second-order valence-corrected chi connectivity index (χ2v) is 25.2. The molecule has 2 fully saturated rings. The van der Waals surface area contributed by atoms with E-state index in [0.717, 1.165) is 31.3 Å². The molecule has 2 saturated carbocycles. The number of aliphatic hydroxyl groups is 1. The molecule has 0 spiro atoms. The molecule has 0 bridgehead atoms. The minimum Gasteiger partial charge on any atom is -0.413 e. The first kappa shape index (κ1) is 31.8. The van der Waals surface area contributed by atoms with Crippen molar-refractivity contribution in [3.63, 3.8) is 0 Å². The molecule has 5 atom stereocenters. The van der Waals surface area contributed by atoms with Crippen LogP contribution in [0.1, 0.15) is 93.9 Å². The van der Waals surface area contributed by atoms with E-state index < -0.39 is 16.6 Å². The summed E-state index contributed by atoms with van der Waals surface area (Å²) in [7, 11) is -3.89. The highest BCUT2D eigenvalue weighted by Crippen LogP contribution is 2.55. The van der Waals surface area contributed by atoms with Gasteiger partial charge in [0.05, 0.1) is 18.3 Å². The molecule has 0 aromatic rings. The lowest BCUT2D eigenvalue weighted by Crippen LogP contribution is -2.49. The molecular formula is C33H58O3Si2. The van der Waals surface area contributed by atoms with E-state index in [4.69, 9.17) is 8.85 Å². The van der Waals surface area contributed by atoms with E-state index in [0.29, 0.717) is 5.92 Å². The van der Waals surface area contributed by atoms with Gasteiger partial charge in [-0.2, -0.15) is 0 Å². The molecule has 0 heterocycles. The zero-order chi connectivity index (χ0) is 28.9. The fourth-order valence-electron chi connectivity index (χ4n) is 6.26. The molecule has 0 amide bonds. The predicted octanol–water partition coefficient (Wildman–Crippen LogP) is 9.49. The van der Waals surface area contributed by atoms with Crippen LogP contribution in [-0.4, -0.2) is 40.1 Å². The molecule has 5 heteroatoms. The van der Waals surface area contributed by atoms with Gasteiger partial charge >= 0.3 is 0 Å².